The number of hydrazine groups is 1. The van der Waals surface area contributed by atoms with Crippen molar-refractivity contribution >= 4 is 17.5 Å². The van der Waals surface area contributed by atoms with Crippen molar-refractivity contribution in [3.05, 3.63) is 42.5 Å². The van der Waals surface area contributed by atoms with Crippen LogP contribution in [0.2, 0.25) is 0 Å². The molecule has 9 nitrogen and oxygen atoms in total. The summed E-state index contributed by atoms with van der Waals surface area (Å²) in [5, 5.41) is 12.9. The van der Waals surface area contributed by atoms with Gasteiger partial charge < -0.3 is 19.7 Å². The molecule has 0 fully saturated rings. The zero-order valence-electron chi connectivity index (χ0n) is 15.6. The molecule has 2 aromatic rings. The average Bonchev–Trinajstić information content (AvgIpc) is 3.10. The number of hydrogen-bond donors (Lipinski definition) is 4. The summed E-state index contributed by atoms with van der Waals surface area (Å²) < 4.78 is 46.2. The summed E-state index contributed by atoms with van der Waals surface area (Å²) in [7, 11) is 2.70. The van der Waals surface area contributed by atoms with Crippen LogP contribution >= 0.6 is 0 Å². The van der Waals surface area contributed by atoms with Crippen LogP contribution in [0.25, 0.3) is 0 Å². The molecular weight excluding hydrogens is 395 g/mol. The largest absolute Gasteiger partial charge is 0.495 e. The van der Waals surface area contributed by atoms with E-state index in [2.05, 4.69) is 10.3 Å². The highest BCUT2D eigenvalue weighted by atomic mass is 19.4. The predicted molar refractivity (Wildman–Crippen MR) is 95.5 cm³/mol. The number of para-hydroxylation sites is 2. The van der Waals surface area contributed by atoms with Crippen LogP contribution in [0.15, 0.2) is 36.7 Å². The molecule has 0 bridgehead atoms. The lowest BCUT2D eigenvalue weighted by Gasteiger charge is -2.29. The third kappa shape index (κ3) is 5.16. The standard InChI is InChI=1S/C17H20F3N5O4/c1-25-8-7-21-15(25)16(28,17(18,19)20)9-13(26)23-24-14(27)10-22-11-5-3-4-6-12(11)29-2/h3-8,22,28H,9-10H2,1-2H3,(H,23,26)(H,24,27). The number of nitrogens with zero attached hydrogens (tertiary/aromatic N) is 2. The van der Waals surface area contributed by atoms with Crippen LogP contribution in [0.1, 0.15) is 12.2 Å². The number of alkyl halides is 3. The molecule has 1 unspecified atom stereocenters. The number of aromatic nitrogens is 2. The van der Waals surface area contributed by atoms with Crippen molar-refractivity contribution in [1.82, 2.24) is 20.4 Å². The second-order valence-electron chi connectivity index (χ2n) is 6.05. The number of nitrogens with one attached hydrogen (secondary N) is 3. The number of amides is 2. The molecule has 4 N–H and O–H groups in total. The molecule has 2 rings (SSSR count). The van der Waals surface area contributed by atoms with Crippen LogP contribution in [0.3, 0.4) is 0 Å². The monoisotopic (exact) mass is 415 g/mol. The number of methoxy groups -OCH3 is 1. The van der Waals surface area contributed by atoms with E-state index in [1.54, 1.807) is 24.3 Å². The molecule has 1 atom stereocenters. The van der Waals surface area contributed by atoms with Gasteiger partial charge in [0.15, 0.2) is 5.82 Å². The molecule has 0 aliphatic heterocycles. The topological polar surface area (TPSA) is 118 Å². The number of benzene rings is 1. The molecule has 0 saturated carbocycles. The zero-order valence-corrected chi connectivity index (χ0v) is 15.6. The number of ether oxygens (including phenoxy) is 1. The molecule has 0 spiro atoms. The number of rotatable bonds is 7. The zero-order chi connectivity index (χ0) is 21.7. The van der Waals surface area contributed by atoms with E-state index in [0.717, 1.165) is 10.8 Å². The van der Waals surface area contributed by atoms with Gasteiger partial charge in [-0.25, -0.2) is 4.98 Å². The molecule has 1 aromatic carbocycles. The average molecular weight is 415 g/mol. The van der Waals surface area contributed by atoms with E-state index < -0.39 is 35.8 Å². The highest BCUT2D eigenvalue weighted by Crippen LogP contribution is 2.40. The molecule has 158 valence electrons. The van der Waals surface area contributed by atoms with Crippen LogP contribution in [-0.4, -0.2) is 46.3 Å². The highest BCUT2D eigenvalue weighted by molar-refractivity contribution is 5.85. The Hall–Kier alpha value is -3.28. The number of hydrogen-bond acceptors (Lipinski definition) is 6. The van der Waals surface area contributed by atoms with Gasteiger partial charge in [0.2, 0.25) is 11.5 Å². The molecule has 0 aliphatic carbocycles. The summed E-state index contributed by atoms with van der Waals surface area (Å²) >= 11 is 0. The Morgan fingerprint density at radius 1 is 1.21 bits per heavy atom. The van der Waals surface area contributed by atoms with Crippen LogP contribution in [0.5, 0.6) is 5.75 Å². The van der Waals surface area contributed by atoms with E-state index in [9.17, 15) is 27.9 Å². The Morgan fingerprint density at radius 3 is 2.45 bits per heavy atom. The lowest BCUT2D eigenvalue weighted by Crippen LogP contribution is -2.51. The van der Waals surface area contributed by atoms with Gasteiger partial charge in [0.25, 0.3) is 5.91 Å². The highest BCUT2D eigenvalue weighted by Gasteiger charge is 2.58. The molecule has 1 aromatic heterocycles. The third-order valence-electron chi connectivity index (χ3n) is 3.96. The number of aryl methyl sites for hydroxylation is 1. The van der Waals surface area contributed by atoms with E-state index in [4.69, 9.17) is 4.74 Å². The summed E-state index contributed by atoms with van der Waals surface area (Å²) in [6.07, 6.45) is -4.29. The number of imidazole rings is 1. The lowest BCUT2D eigenvalue weighted by molar-refractivity contribution is -0.271. The summed E-state index contributed by atoms with van der Waals surface area (Å²) in [6, 6.07) is 6.76. The first kappa shape index (κ1) is 22.0. The predicted octanol–water partition coefficient (Wildman–Crippen LogP) is 0.828. The number of halogens is 3. The van der Waals surface area contributed by atoms with Gasteiger partial charge in [-0.1, -0.05) is 12.1 Å². The lowest BCUT2D eigenvalue weighted by atomic mass is 9.97. The SMILES string of the molecule is COc1ccccc1NCC(=O)NNC(=O)CC(O)(c1nccn1C)C(F)(F)F. The van der Waals surface area contributed by atoms with Gasteiger partial charge in [0.05, 0.1) is 25.8 Å². The van der Waals surface area contributed by atoms with Gasteiger partial charge in [-0.15, -0.1) is 0 Å². The van der Waals surface area contributed by atoms with Gasteiger partial charge in [0, 0.05) is 19.4 Å². The van der Waals surface area contributed by atoms with Crippen molar-refractivity contribution in [3.8, 4) is 5.75 Å². The Kier molecular flexibility index (Phi) is 6.69. The second-order valence-corrected chi connectivity index (χ2v) is 6.05. The fourth-order valence-electron chi connectivity index (χ4n) is 2.50. The van der Waals surface area contributed by atoms with Crippen molar-refractivity contribution in [1.29, 1.82) is 0 Å². The molecule has 0 saturated heterocycles. The van der Waals surface area contributed by atoms with E-state index >= 15 is 0 Å². The summed E-state index contributed by atoms with van der Waals surface area (Å²) in [5.74, 6) is -2.24. The minimum absolute atomic E-state index is 0.288. The number of carbonyl (C=O) groups is 2. The third-order valence-corrected chi connectivity index (χ3v) is 3.96. The number of anilines is 1. The minimum Gasteiger partial charge on any atom is -0.495 e. The van der Waals surface area contributed by atoms with Crippen molar-refractivity contribution in [2.75, 3.05) is 19.0 Å². The molecular formula is C17H20F3N5O4. The van der Waals surface area contributed by atoms with Crippen LogP contribution in [0, 0.1) is 0 Å². The fourth-order valence-corrected chi connectivity index (χ4v) is 2.50. The molecule has 1 heterocycles. The number of carbonyl (C=O) groups excluding carboxylic acids is 2. The maximum Gasteiger partial charge on any atom is 0.425 e. The first-order valence-electron chi connectivity index (χ1n) is 8.30. The summed E-state index contributed by atoms with van der Waals surface area (Å²) in [5.41, 5.74) is 0.820. The van der Waals surface area contributed by atoms with Gasteiger partial charge in [-0.05, 0) is 12.1 Å². The smallest absolute Gasteiger partial charge is 0.425 e. The maximum absolute atomic E-state index is 13.4. The maximum atomic E-state index is 13.4. The van der Waals surface area contributed by atoms with Gasteiger partial charge in [-0.2, -0.15) is 13.2 Å². The van der Waals surface area contributed by atoms with Crippen LogP contribution in [0.4, 0.5) is 18.9 Å². The van der Waals surface area contributed by atoms with E-state index in [0.29, 0.717) is 11.4 Å². The Labute approximate surface area is 163 Å². The van der Waals surface area contributed by atoms with E-state index in [-0.39, 0.29) is 6.54 Å². The van der Waals surface area contributed by atoms with Gasteiger partial charge in [0.1, 0.15) is 5.75 Å². The summed E-state index contributed by atoms with van der Waals surface area (Å²) in [4.78, 5) is 27.2. The quantitative estimate of drug-likeness (QED) is 0.498. The molecule has 0 radical (unpaired) electrons. The van der Waals surface area contributed by atoms with Crippen molar-refractivity contribution in [3.63, 3.8) is 0 Å². The second kappa shape index (κ2) is 8.82. The van der Waals surface area contributed by atoms with E-state index in [1.165, 1.54) is 20.4 Å². The first-order valence-corrected chi connectivity index (χ1v) is 8.30. The van der Waals surface area contributed by atoms with Crippen LogP contribution in [-0.2, 0) is 22.2 Å². The fraction of sp³-hybridized carbons (Fsp3) is 0.353. The first-order chi connectivity index (χ1) is 13.6. The van der Waals surface area contributed by atoms with Gasteiger partial charge in [-0.3, -0.25) is 20.4 Å². The Bertz CT molecular complexity index is 871. The number of aliphatic hydroxyl groups is 1. The molecule has 29 heavy (non-hydrogen) atoms. The van der Waals surface area contributed by atoms with Crippen molar-refractivity contribution < 1.29 is 32.6 Å². The van der Waals surface area contributed by atoms with Crippen molar-refractivity contribution in [2.45, 2.75) is 18.2 Å². The summed E-state index contributed by atoms with van der Waals surface area (Å²) in [6.45, 7) is -0.288. The minimum atomic E-state index is -5.17. The molecule has 12 heteroatoms. The molecule has 0 aliphatic rings. The normalized spacial score (nSPS) is 13.3. The van der Waals surface area contributed by atoms with Gasteiger partial charge >= 0.3 is 6.18 Å². The van der Waals surface area contributed by atoms with E-state index in [1.807, 2.05) is 10.9 Å². The van der Waals surface area contributed by atoms with Crippen molar-refractivity contribution in [2.24, 2.45) is 7.05 Å². The van der Waals surface area contributed by atoms with Crippen LogP contribution < -0.4 is 20.9 Å². The Morgan fingerprint density at radius 2 is 1.86 bits per heavy atom. The molecule has 2 amide bonds. The Balaban J connectivity index is 1.94.